The van der Waals surface area contributed by atoms with Crippen LogP contribution in [0.4, 0.5) is 4.39 Å². The van der Waals surface area contributed by atoms with Gasteiger partial charge in [-0.1, -0.05) is 50.3 Å². The lowest BCUT2D eigenvalue weighted by atomic mass is 9.95. The Morgan fingerprint density at radius 2 is 1.82 bits per heavy atom. The maximum atomic E-state index is 13.3. The van der Waals surface area contributed by atoms with Gasteiger partial charge in [0.2, 0.25) is 0 Å². The van der Waals surface area contributed by atoms with Gasteiger partial charge in [0.25, 0.3) is 0 Å². The summed E-state index contributed by atoms with van der Waals surface area (Å²) in [7, 11) is 0. The summed E-state index contributed by atoms with van der Waals surface area (Å²) < 4.78 is 13.3. The molecule has 0 aromatic carbocycles. The van der Waals surface area contributed by atoms with Crippen LogP contribution in [0.15, 0.2) is 59.5 Å². The molecule has 0 spiro atoms. The molecular weight excluding hydrogens is 211 g/mol. The second-order valence-corrected chi connectivity index (χ2v) is 5.05. The van der Waals surface area contributed by atoms with Crippen molar-refractivity contribution in [3.05, 3.63) is 59.5 Å². The van der Waals surface area contributed by atoms with Gasteiger partial charge in [-0.3, -0.25) is 0 Å². The van der Waals surface area contributed by atoms with Crippen LogP contribution in [0.25, 0.3) is 0 Å². The van der Waals surface area contributed by atoms with Gasteiger partial charge in [0.1, 0.15) is 5.83 Å². The number of allylic oxidation sites excluding steroid dienone is 10. The van der Waals surface area contributed by atoms with E-state index in [9.17, 15) is 4.39 Å². The van der Waals surface area contributed by atoms with Crippen LogP contribution < -0.4 is 0 Å². The van der Waals surface area contributed by atoms with E-state index in [0.717, 1.165) is 12.0 Å². The third-order valence-corrected chi connectivity index (χ3v) is 3.08. The topological polar surface area (TPSA) is 0 Å². The molecule has 17 heavy (non-hydrogen) atoms. The monoisotopic (exact) mass is 230 g/mol. The molecule has 0 fully saturated rings. The summed E-state index contributed by atoms with van der Waals surface area (Å²) >= 11 is 0. The average Bonchev–Trinajstić information content (AvgIpc) is 2.25. The Balaban J connectivity index is 2.08. The lowest BCUT2D eigenvalue weighted by Crippen LogP contribution is -1.97. The van der Waals surface area contributed by atoms with Crippen LogP contribution in [-0.4, -0.2) is 0 Å². The van der Waals surface area contributed by atoms with Crippen molar-refractivity contribution in [2.75, 3.05) is 0 Å². The molecule has 0 radical (unpaired) electrons. The first-order valence-corrected chi connectivity index (χ1v) is 6.28. The summed E-state index contributed by atoms with van der Waals surface area (Å²) in [5.41, 5.74) is 2.20. The fourth-order valence-corrected chi connectivity index (χ4v) is 2.26. The van der Waals surface area contributed by atoms with E-state index in [-0.39, 0.29) is 5.83 Å². The molecule has 2 atom stereocenters. The molecule has 0 aromatic heterocycles. The Labute approximate surface area is 103 Å². The first kappa shape index (κ1) is 12.1. The maximum Gasteiger partial charge on any atom is 0.101 e. The predicted molar refractivity (Wildman–Crippen MR) is 71.2 cm³/mol. The molecule has 0 saturated carbocycles. The Morgan fingerprint density at radius 1 is 1.12 bits per heavy atom. The van der Waals surface area contributed by atoms with Crippen molar-refractivity contribution in [3.63, 3.8) is 0 Å². The molecule has 90 valence electrons. The molecule has 0 aliphatic heterocycles. The molecular formula is C16H19F. The van der Waals surface area contributed by atoms with Crippen molar-refractivity contribution in [1.29, 1.82) is 0 Å². The Morgan fingerprint density at radius 3 is 2.53 bits per heavy atom. The van der Waals surface area contributed by atoms with Crippen molar-refractivity contribution in [3.8, 4) is 0 Å². The molecule has 0 bridgehead atoms. The molecule has 2 aliphatic rings. The van der Waals surface area contributed by atoms with Crippen molar-refractivity contribution in [2.24, 2.45) is 11.8 Å². The molecule has 2 aliphatic carbocycles. The van der Waals surface area contributed by atoms with E-state index in [1.54, 1.807) is 6.08 Å². The van der Waals surface area contributed by atoms with E-state index >= 15 is 0 Å². The molecule has 0 aromatic rings. The first-order chi connectivity index (χ1) is 8.13. The number of halogens is 1. The third-order valence-electron chi connectivity index (χ3n) is 3.08. The van der Waals surface area contributed by atoms with Crippen LogP contribution in [0.1, 0.15) is 26.7 Å². The average molecular weight is 230 g/mol. The summed E-state index contributed by atoms with van der Waals surface area (Å²) in [6, 6.07) is 0. The van der Waals surface area contributed by atoms with Gasteiger partial charge in [0.05, 0.1) is 0 Å². The van der Waals surface area contributed by atoms with Crippen LogP contribution >= 0.6 is 0 Å². The summed E-state index contributed by atoms with van der Waals surface area (Å²) in [6.45, 7) is 4.25. The van der Waals surface area contributed by atoms with Gasteiger partial charge in [-0.25, -0.2) is 4.39 Å². The molecule has 0 saturated heterocycles. The van der Waals surface area contributed by atoms with Crippen LogP contribution in [0.3, 0.4) is 0 Å². The largest absolute Gasteiger partial charge is 0.212 e. The molecule has 0 amide bonds. The Kier molecular flexibility index (Phi) is 3.78. The van der Waals surface area contributed by atoms with Crippen molar-refractivity contribution < 1.29 is 4.39 Å². The highest BCUT2D eigenvalue weighted by molar-refractivity contribution is 5.42. The summed E-state index contributed by atoms with van der Waals surface area (Å²) in [5.74, 6) is 0.891. The van der Waals surface area contributed by atoms with Gasteiger partial charge in [0.15, 0.2) is 0 Å². The quantitative estimate of drug-likeness (QED) is 0.634. The molecule has 0 N–H and O–H groups in total. The third kappa shape index (κ3) is 3.55. The summed E-state index contributed by atoms with van der Waals surface area (Å²) in [5, 5.41) is 0. The van der Waals surface area contributed by atoms with Gasteiger partial charge >= 0.3 is 0 Å². The lowest BCUT2D eigenvalue weighted by molar-refractivity contribution is 0.533. The second kappa shape index (κ2) is 5.31. The van der Waals surface area contributed by atoms with E-state index in [2.05, 4.69) is 37.3 Å². The predicted octanol–water partition coefficient (Wildman–Crippen LogP) is 4.88. The standard InChI is InChI=1S/C16H19F/c1-12-4-3-5-14(8-12)6-7-15-9-13(2)10-16(17)11-15/h3,5-9,11-13H,4,10H2,1-2H3/b7-6+. The molecule has 0 heterocycles. The fraction of sp³-hybridized carbons (Fsp3) is 0.375. The number of rotatable bonds is 2. The number of hydrogen-bond donors (Lipinski definition) is 0. The lowest BCUT2D eigenvalue weighted by Gasteiger charge is -2.12. The van der Waals surface area contributed by atoms with Crippen molar-refractivity contribution >= 4 is 0 Å². The van der Waals surface area contributed by atoms with Crippen LogP contribution in [0.2, 0.25) is 0 Å². The molecule has 0 nitrogen and oxygen atoms in total. The minimum atomic E-state index is -0.0128. The SMILES string of the molecule is CC1C=C(/C=C/C2=CC(C)CC(F)=C2)C=CC1. The van der Waals surface area contributed by atoms with E-state index in [1.165, 1.54) is 5.57 Å². The van der Waals surface area contributed by atoms with Crippen molar-refractivity contribution in [2.45, 2.75) is 26.7 Å². The normalized spacial score (nSPS) is 29.0. The molecule has 2 unspecified atom stereocenters. The first-order valence-electron chi connectivity index (χ1n) is 6.28. The molecule has 1 heteroatoms. The highest BCUT2D eigenvalue weighted by Gasteiger charge is 2.09. The van der Waals surface area contributed by atoms with Crippen molar-refractivity contribution in [1.82, 2.24) is 0 Å². The fourth-order valence-electron chi connectivity index (χ4n) is 2.26. The van der Waals surface area contributed by atoms with Crippen LogP contribution in [-0.2, 0) is 0 Å². The summed E-state index contributed by atoms with van der Waals surface area (Å²) in [6.07, 6.45) is 16.1. The zero-order chi connectivity index (χ0) is 12.3. The van der Waals surface area contributed by atoms with Gasteiger partial charge in [-0.05, 0) is 35.5 Å². The van der Waals surface area contributed by atoms with Gasteiger partial charge < -0.3 is 0 Å². The zero-order valence-electron chi connectivity index (χ0n) is 10.5. The minimum absolute atomic E-state index is 0.0128. The van der Waals surface area contributed by atoms with Crippen LogP contribution in [0.5, 0.6) is 0 Å². The van der Waals surface area contributed by atoms with E-state index in [0.29, 0.717) is 18.3 Å². The zero-order valence-corrected chi connectivity index (χ0v) is 10.5. The Bertz CT molecular complexity index is 432. The van der Waals surface area contributed by atoms with Gasteiger partial charge in [-0.15, -0.1) is 0 Å². The minimum Gasteiger partial charge on any atom is -0.212 e. The molecule has 2 rings (SSSR count). The highest BCUT2D eigenvalue weighted by Crippen LogP contribution is 2.24. The van der Waals surface area contributed by atoms with Gasteiger partial charge in [0, 0.05) is 6.42 Å². The smallest absolute Gasteiger partial charge is 0.101 e. The van der Waals surface area contributed by atoms with E-state index < -0.39 is 0 Å². The maximum absolute atomic E-state index is 13.3. The van der Waals surface area contributed by atoms with E-state index in [4.69, 9.17) is 0 Å². The Hall–Kier alpha value is -1.37. The van der Waals surface area contributed by atoms with E-state index in [1.807, 2.05) is 13.0 Å². The summed E-state index contributed by atoms with van der Waals surface area (Å²) in [4.78, 5) is 0. The number of hydrogen-bond acceptors (Lipinski definition) is 0. The van der Waals surface area contributed by atoms with Gasteiger partial charge in [-0.2, -0.15) is 0 Å². The second-order valence-electron chi connectivity index (χ2n) is 5.05. The highest BCUT2D eigenvalue weighted by atomic mass is 19.1. The van der Waals surface area contributed by atoms with Crippen LogP contribution in [0, 0.1) is 11.8 Å².